The van der Waals surface area contributed by atoms with Crippen molar-refractivity contribution in [2.45, 2.75) is 19.9 Å². The summed E-state index contributed by atoms with van der Waals surface area (Å²) in [4.78, 5) is 45.8. The molecule has 6 rings (SSSR count). The third-order valence-electron chi connectivity index (χ3n) is 7.08. The van der Waals surface area contributed by atoms with Crippen LogP contribution >= 0.6 is 11.3 Å². The van der Waals surface area contributed by atoms with Crippen molar-refractivity contribution in [3.63, 3.8) is 0 Å². The Hall–Kier alpha value is -4.96. The van der Waals surface area contributed by atoms with Crippen molar-refractivity contribution >= 4 is 55.3 Å². The molecule has 0 saturated heterocycles. The Morgan fingerprint density at radius 1 is 1.05 bits per heavy atom. The highest BCUT2D eigenvalue weighted by molar-refractivity contribution is 7.22. The quantitative estimate of drug-likeness (QED) is 0.189. The van der Waals surface area contributed by atoms with Gasteiger partial charge in [-0.1, -0.05) is 41.7 Å². The zero-order valence-electron chi connectivity index (χ0n) is 22.6. The van der Waals surface area contributed by atoms with E-state index in [0.29, 0.717) is 33.0 Å². The first-order valence-corrected chi connectivity index (χ1v) is 13.5. The number of fused-ring (bicyclic) bond motifs is 2. The van der Waals surface area contributed by atoms with Gasteiger partial charge in [0.25, 0.3) is 5.91 Å². The Bertz CT molecular complexity index is 1920. The van der Waals surface area contributed by atoms with Crippen molar-refractivity contribution in [2.75, 3.05) is 19.1 Å². The van der Waals surface area contributed by atoms with E-state index < -0.39 is 29.5 Å². The number of rotatable bonds is 6. The van der Waals surface area contributed by atoms with E-state index in [-0.39, 0.29) is 11.3 Å². The fourth-order valence-electron chi connectivity index (χ4n) is 5.17. The lowest BCUT2D eigenvalue weighted by Gasteiger charge is -2.24. The van der Waals surface area contributed by atoms with Crippen molar-refractivity contribution < 1.29 is 33.4 Å². The summed E-state index contributed by atoms with van der Waals surface area (Å²) >= 11 is 1.29. The number of thiazole rings is 1. The Labute approximate surface area is 238 Å². The van der Waals surface area contributed by atoms with Gasteiger partial charge in [0.1, 0.15) is 0 Å². The second-order valence-corrected chi connectivity index (χ2v) is 10.7. The number of amides is 1. The molecule has 1 aliphatic heterocycles. The second kappa shape index (κ2) is 9.90. The third-order valence-corrected chi connectivity index (χ3v) is 8.08. The molecule has 0 aliphatic carbocycles. The molecule has 1 atom stereocenters. The van der Waals surface area contributed by atoms with Crippen LogP contribution in [0.2, 0.25) is 0 Å². The number of hydrogen-bond donors (Lipinski definition) is 1. The molecule has 9 nitrogen and oxygen atoms in total. The van der Waals surface area contributed by atoms with Gasteiger partial charge in [0.2, 0.25) is 5.78 Å². The zero-order chi connectivity index (χ0) is 29.0. The zero-order valence-corrected chi connectivity index (χ0v) is 23.4. The molecule has 10 heteroatoms. The minimum atomic E-state index is -1.04. The average molecular weight is 569 g/mol. The van der Waals surface area contributed by atoms with Crippen LogP contribution < -0.4 is 9.64 Å². The fourth-order valence-corrected chi connectivity index (χ4v) is 6.34. The average Bonchev–Trinajstić information content (AvgIpc) is 3.66. The molecule has 0 saturated carbocycles. The van der Waals surface area contributed by atoms with Gasteiger partial charge in [0, 0.05) is 5.39 Å². The van der Waals surface area contributed by atoms with Crippen LogP contribution in [0.3, 0.4) is 0 Å². The van der Waals surface area contributed by atoms with Crippen molar-refractivity contribution in [1.82, 2.24) is 4.98 Å². The lowest BCUT2D eigenvalue weighted by Crippen LogP contribution is -2.31. The van der Waals surface area contributed by atoms with E-state index in [1.54, 1.807) is 48.5 Å². The van der Waals surface area contributed by atoms with Gasteiger partial charge in [-0.3, -0.25) is 14.5 Å². The van der Waals surface area contributed by atoms with Crippen LogP contribution in [-0.2, 0) is 9.53 Å². The number of aliphatic hydroxyl groups is 1. The maximum absolute atomic E-state index is 14.0. The highest BCUT2D eigenvalue weighted by Gasteiger charge is 2.46. The van der Waals surface area contributed by atoms with Gasteiger partial charge in [-0.25, -0.2) is 9.78 Å². The first-order valence-electron chi connectivity index (χ1n) is 12.7. The molecule has 206 valence electrons. The minimum Gasteiger partial charge on any atom is -0.503 e. The lowest BCUT2D eigenvalue weighted by molar-refractivity contribution is -0.117. The topological polar surface area (TPSA) is 119 Å². The number of aryl methyl sites for hydroxylation is 2. The molecular weight excluding hydrogens is 544 g/mol. The highest BCUT2D eigenvalue weighted by atomic mass is 32.1. The fraction of sp³-hybridized carbons (Fsp3) is 0.161. The smallest absolute Gasteiger partial charge is 0.337 e. The van der Waals surface area contributed by atoms with E-state index >= 15 is 0 Å². The number of esters is 1. The van der Waals surface area contributed by atoms with Crippen LogP contribution in [0.4, 0.5) is 5.13 Å². The summed E-state index contributed by atoms with van der Waals surface area (Å²) in [7, 11) is 2.78. The van der Waals surface area contributed by atoms with E-state index in [2.05, 4.69) is 0 Å². The summed E-state index contributed by atoms with van der Waals surface area (Å²) in [6.45, 7) is 3.92. The second-order valence-electron chi connectivity index (χ2n) is 9.70. The molecule has 1 unspecified atom stereocenters. The Balaban J connectivity index is 1.51. The number of furan rings is 1. The van der Waals surface area contributed by atoms with Gasteiger partial charge in [-0.05, 0) is 60.9 Å². The molecule has 5 aromatic rings. The predicted molar refractivity (Wildman–Crippen MR) is 154 cm³/mol. The summed E-state index contributed by atoms with van der Waals surface area (Å²) in [5.41, 5.74) is 3.71. The number of carbonyl (C=O) groups excluding carboxylic acids is 3. The van der Waals surface area contributed by atoms with Crippen molar-refractivity contribution in [2.24, 2.45) is 0 Å². The first kappa shape index (κ1) is 26.3. The molecule has 0 radical (unpaired) electrons. The normalized spacial score (nSPS) is 15.3. The van der Waals surface area contributed by atoms with Crippen LogP contribution in [0.15, 0.2) is 76.4 Å². The Morgan fingerprint density at radius 2 is 1.80 bits per heavy atom. The molecular formula is C31H24N2O7S. The van der Waals surface area contributed by atoms with Crippen LogP contribution in [0.5, 0.6) is 5.75 Å². The largest absolute Gasteiger partial charge is 0.503 e. The van der Waals surface area contributed by atoms with Crippen LogP contribution in [-0.4, -0.2) is 42.0 Å². The monoisotopic (exact) mass is 568 g/mol. The number of methoxy groups -OCH3 is 2. The van der Waals surface area contributed by atoms with Crippen LogP contribution in [0.25, 0.3) is 21.2 Å². The Kier molecular flexibility index (Phi) is 6.34. The maximum atomic E-state index is 14.0. The molecule has 3 aromatic carbocycles. The van der Waals surface area contributed by atoms with E-state index in [4.69, 9.17) is 18.9 Å². The lowest BCUT2D eigenvalue weighted by atomic mass is 9.94. The molecule has 41 heavy (non-hydrogen) atoms. The number of aromatic nitrogens is 1. The number of hydrogen-bond acceptors (Lipinski definition) is 9. The van der Waals surface area contributed by atoms with E-state index in [1.165, 1.54) is 30.5 Å². The Morgan fingerprint density at radius 3 is 2.51 bits per heavy atom. The van der Waals surface area contributed by atoms with Gasteiger partial charge in [-0.15, -0.1) is 0 Å². The summed E-state index contributed by atoms with van der Waals surface area (Å²) < 4.78 is 16.9. The summed E-state index contributed by atoms with van der Waals surface area (Å²) in [5, 5.41) is 12.1. The maximum Gasteiger partial charge on any atom is 0.337 e. The van der Waals surface area contributed by atoms with Crippen molar-refractivity contribution in [1.29, 1.82) is 0 Å². The number of nitrogens with zero attached hydrogens (tertiary/aromatic N) is 2. The van der Waals surface area contributed by atoms with E-state index in [9.17, 15) is 19.5 Å². The van der Waals surface area contributed by atoms with Gasteiger partial charge in [-0.2, -0.15) is 0 Å². The number of ether oxygens (including phenoxy) is 2. The first-order chi connectivity index (χ1) is 19.7. The summed E-state index contributed by atoms with van der Waals surface area (Å²) in [6.07, 6.45) is 0. The molecule has 2 aromatic heterocycles. The molecule has 0 bridgehead atoms. The number of benzene rings is 3. The highest BCUT2D eigenvalue weighted by Crippen LogP contribution is 2.45. The van der Waals surface area contributed by atoms with Crippen LogP contribution in [0, 0.1) is 13.8 Å². The van der Waals surface area contributed by atoms with Crippen molar-refractivity contribution in [3.05, 3.63) is 100 Å². The van der Waals surface area contributed by atoms with E-state index in [0.717, 1.165) is 21.3 Å². The molecule has 3 heterocycles. The molecule has 1 amide bonds. The van der Waals surface area contributed by atoms with Crippen LogP contribution in [0.1, 0.15) is 43.6 Å². The molecule has 0 spiro atoms. The SMILES string of the molecule is COC(=O)c1ccc(C2C(C(=O)c3cc4cccc(OC)c4o3)=C(O)C(=O)N2c2nc3c(C)cc(C)cc3s2)cc1. The number of anilines is 1. The number of carbonyl (C=O) groups is 3. The van der Waals surface area contributed by atoms with Gasteiger partial charge < -0.3 is 19.0 Å². The standard InChI is InChI=1S/C31H24N2O7S/c1-15-12-16(2)24-22(13-15)41-31(32-24)33-25(17-8-10-18(11-9-17)30(37)39-4)23(27(35)29(33)36)26(34)21-14-19-6-5-7-20(38-3)28(19)40-21/h5-14,25,35H,1-4H3. The molecule has 1 aliphatic rings. The number of aliphatic hydroxyl groups excluding tert-OH is 1. The third kappa shape index (κ3) is 4.23. The molecule has 1 N–H and O–H groups in total. The van der Waals surface area contributed by atoms with Gasteiger partial charge in [0.05, 0.1) is 41.6 Å². The molecule has 0 fully saturated rings. The van der Waals surface area contributed by atoms with Gasteiger partial charge >= 0.3 is 5.97 Å². The van der Waals surface area contributed by atoms with Crippen molar-refractivity contribution in [3.8, 4) is 5.75 Å². The summed E-state index contributed by atoms with van der Waals surface area (Å²) in [6, 6.07) is 16.1. The number of Topliss-reactive ketones (excluding diaryl/α,β-unsaturated/α-hetero) is 1. The number of ketones is 1. The van der Waals surface area contributed by atoms with Gasteiger partial charge in [0.15, 0.2) is 28.0 Å². The predicted octanol–water partition coefficient (Wildman–Crippen LogP) is 6.24. The van der Waals surface area contributed by atoms with E-state index in [1.807, 2.05) is 26.0 Å². The minimum absolute atomic E-state index is 0.0624. The number of para-hydroxylation sites is 1. The summed E-state index contributed by atoms with van der Waals surface area (Å²) in [5.74, 6) is -2.27.